The quantitative estimate of drug-likeness (QED) is 0.770. The summed E-state index contributed by atoms with van der Waals surface area (Å²) in [6, 6.07) is 1.70. The third-order valence-electron chi connectivity index (χ3n) is 4.54. The molecule has 2 unspecified atom stereocenters. The molecule has 0 aromatic carbocycles. The lowest BCUT2D eigenvalue weighted by Crippen LogP contribution is -2.54. The van der Waals surface area contributed by atoms with Crippen molar-refractivity contribution in [3.8, 4) is 0 Å². The van der Waals surface area contributed by atoms with Crippen LogP contribution in [0.4, 0.5) is 0 Å². The highest BCUT2D eigenvalue weighted by atomic mass is 15.2. The Bertz CT molecular complexity index is 209. The highest BCUT2D eigenvalue weighted by molar-refractivity contribution is 4.92. The van der Waals surface area contributed by atoms with E-state index in [4.69, 9.17) is 0 Å². The van der Waals surface area contributed by atoms with Crippen LogP contribution in [-0.2, 0) is 0 Å². The molecule has 16 heavy (non-hydrogen) atoms. The van der Waals surface area contributed by atoms with Crippen molar-refractivity contribution >= 4 is 0 Å². The van der Waals surface area contributed by atoms with Crippen LogP contribution in [0.5, 0.6) is 0 Å². The number of hydrogen-bond acceptors (Lipinski definition) is 3. The minimum Gasteiger partial charge on any atom is -0.319 e. The molecule has 1 heterocycles. The van der Waals surface area contributed by atoms with E-state index in [2.05, 4.69) is 36.3 Å². The van der Waals surface area contributed by atoms with Crippen molar-refractivity contribution in [2.24, 2.45) is 5.92 Å². The molecular formula is C13H27N3. The summed E-state index contributed by atoms with van der Waals surface area (Å²) in [5.41, 5.74) is 0. The Morgan fingerprint density at radius 1 is 1.12 bits per heavy atom. The second-order valence-corrected chi connectivity index (χ2v) is 5.69. The van der Waals surface area contributed by atoms with E-state index in [9.17, 15) is 0 Å². The Labute approximate surface area is 100 Å². The van der Waals surface area contributed by atoms with Crippen molar-refractivity contribution in [3.63, 3.8) is 0 Å². The van der Waals surface area contributed by atoms with Crippen LogP contribution in [0.25, 0.3) is 0 Å². The maximum Gasteiger partial charge on any atom is 0.0136 e. The van der Waals surface area contributed by atoms with Crippen LogP contribution in [-0.4, -0.2) is 62.7 Å². The molecule has 0 aromatic rings. The average molecular weight is 225 g/mol. The van der Waals surface area contributed by atoms with Gasteiger partial charge in [-0.1, -0.05) is 0 Å². The van der Waals surface area contributed by atoms with Gasteiger partial charge in [0.25, 0.3) is 0 Å². The van der Waals surface area contributed by atoms with Gasteiger partial charge in [-0.3, -0.25) is 4.90 Å². The van der Waals surface area contributed by atoms with Crippen molar-refractivity contribution in [2.45, 2.75) is 37.8 Å². The molecule has 0 spiro atoms. The topological polar surface area (TPSA) is 18.5 Å². The summed E-state index contributed by atoms with van der Waals surface area (Å²) in [5, 5.41) is 3.33. The predicted octanol–water partition coefficient (Wildman–Crippen LogP) is 1.01. The lowest BCUT2D eigenvalue weighted by Gasteiger charge is -2.47. The van der Waals surface area contributed by atoms with Gasteiger partial charge >= 0.3 is 0 Å². The lowest BCUT2D eigenvalue weighted by molar-refractivity contribution is 0.0286. The molecule has 0 aromatic heterocycles. The third kappa shape index (κ3) is 2.58. The molecule has 1 saturated carbocycles. The van der Waals surface area contributed by atoms with E-state index in [0.29, 0.717) is 0 Å². The highest BCUT2D eigenvalue weighted by Gasteiger charge is 2.36. The SMILES string of the molecule is CNCC1CCC1N1CCC(N(C)C)CC1. The first-order valence-electron chi connectivity index (χ1n) is 6.77. The molecule has 2 aliphatic rings. The fourth-order valence-corrected chi connectivity index (χ4v) is 3.27. The summed E-state index contributed by atoms with van der Waals surface area (Å²) in [4.78, 5) is 5.13. The average Bonchev–Trinajstić information content (AvgIpc) is 2.25. The van der Waals surface area contributed by atoms with Gasteiger partial charge in [-0.2, -0.15) is 0 Å². The van der Waals surface area contributed by atoms with E-state index in [-0.39, 0.29) is 0 Å². The summed E-state index contributed by atoms with van der Waals surface area (Å²) in [5.74, 6) is 0.918. The minimum absolute atomic E-state index is 0.819. The molecule has 2 atom stereocenters. The van der Waals surface area contributed by atoms with E-state index in [0.717, 1.165) is 18.0 Å². The molecule has 1 saturated heterocycles. The molecule has 94 valence electrons. The molecule has 3 heteroatoms. The second-order valence-electron chi connectivity index (χ2n) is 5.69. The summed E-state index contributed by atoms with van der Waals surface area (Å²) >= 11 is 0. The van der Waals surface area contributed by atoms with Gasteiger partial charge in [0.15, 0.2) is 0 Å². The normalized spacial score (nSPS) is 33.0. The summed E-state index contributed by atoms with van der Waals surface area (Å²) < 4.78 is 0. The van der Waals surface area contributed by atoms with Crippen LogP contribution >= 0.6 is 0 Å². The third-order valence-corrected chi connectivity index (χ3v) is 4.54. The van der Waals surface area contributed by atoms with Gasteiger partial charge in [-0.25, -0.2) is 0 Å². The fourth-order valence-electron chi connectivity index (χ4n) is 3.27. The van der Waals surface area contributed by atoms with Gasteiger partial charge in [0, 0.05) is 12.1 Å². The van der Waals surface area contributed by atoms with Crippen LogP contribution in [0.3, 0.4) is 0 Å². The van der Waals surface area contributed by atoms with Crippen molar-refractivity contribution < 1.29 is 0 Å². The highest BCUT2D eigenvalue weighted by Crippen LogP contribution is 2.33. The van der Waals surface area contributed by atoms with Gasteiger partial charge in [0.2, 0.25) is 0 Å². The summed E-state index contributed by atoms with van der Waals surface area (Å²) in [7, 11) is 6.51. The molecule has 0 radical (unpaired) electrons. The van der Waals surface area contributed by atoms with E-state index >= 15 is 0 Å². The number of piperidine rings is 1. The number of hydrogen-bond donors (Lipinski definition) is 1. The van der Waals surface area contributed by atoms with E-state index < -0.39 is 0 Å². The number of likely N-dealkylation sites (tertiary alicyclic amines) is 1. The zero-order valence-electron chi connectivity index (χ0n) is 11.1. The standard InChI is InChI=1S/C13H27N3/c1-14-10-11-4-5-13(11)16-8-6-12(7-9-16)15(2)3/h11-14H,4-10H2,1-3H3. The van der Waals surface area contributed by atoms with E-state index in [1.54, 1.807) is 0 Å². The molecule has 0 bridgehead atoms. The van der Waals surface area contributed by atoms with E-state index in [1.165, 1.54) is 45.3 Å². The number of rotatable bonds is 4. The summed E-state index contributed by atoms with van der Waals surface area (Å²) in [6.07, 6.45) is 5.57. The van der Waals surface area contributed by atoms with Crippen molar-refractivity contribution in [1.29, 1.82) is 0 Å². The van der Waals surface area contributed by atoms with Gasteiger partial charge in [-0.15, -0.1) is 0 Å². The van der Waals surface area contributed by atoms with Crippen LogP contribution in [0, 0.1) is 5.92 Å². The molecule has 0 amide bonds. The first-order valence-corrected chi connectivity index (χ1v) is 6.77. The Morgan fingerprint density at radius 2 is 1.81 bits per heavy atom. The fraction of sp³-hybridized carbons (Fsp3) is 1.00. The lowest BCUT2D eigenvalue weighted by atomic mass is 9.77. The monoisotopic (exact) mass is 225 g/mol. The number of nitrogens with zero attached hydrogens (tertiary/aromatic N) is 2. The van der Waals surface area contributed by atoms with Crippen LogP contribution < -0.4 is 5.32 Å². The smallest absolute Gasteiger partial charge is 0.0136 e. The van der Waals surface area contributed by atoms with Gasteiger partial charge in [0.1, 0.15) is 0 Å². The predicted molar refractivity (Wildman–Crippen MR) is 68.7 cm³/mol. The largest absolute Gasteiger partial charge is 0.319 e. The molecule has 2 rings (SSSR count). The van der Waals surface area contributed by atoms with Crippen molar-refractivity contribution in [3.05, 3.63) is 0 Å². The van der Waals surface area contributed by atoms with Gasteiger partial charge < -0.3 is 10.2 Å². The first kappa shape index (κ1) is 12.3. The van der Waals surface area contributed by atoms with Crippen LogP contribution in [0.2, 0.25) is 0 Å². The second kappa shape index (κ2) is 5.48. The zero-order valence-corrected chi connectivity index (χ0v) is 11.1. The van der Waals surface area contributed by atoms with Gasteiger partial charge in [-0.05, 0) is 72.4 Å². The Kier molecular flexibility index (Phi) is 4.22. The first-order chi connectivity index (χ1) is 7.72. The van der Waals surface area contributed by atoms with Crippen molar-refractivity contribution in [2.75, 3.05) is 40.8 Å². The Hall–Kier alpha value is -0.120. The number of nitrogens with one attached hydrogen (secondary N) is 1. The summed E-state index contributed by atoms with van der Waals surface area (Å²) in [6.45, 7) is 3.83. The van der Waals surface area contributed by atoms with Gasteiger partial charge in [0.05, 0.1) is 0 Å². The molecule has 1 aliphatic carbocycles. The molecule has 1 N–H and O–H groups in total. The van der Waals surface area contributed by atoms with Crippen LogP contribution in [0.1, 0.15) is 25.7 Å². The van der Waals surface area contributed by atoms with Crippen LogP contribution in [0.15, 0.2) is 0 Å². The van der Waals surface area contributed by atoms with Crippen molar-refractivity contribution in [1.82, 2.24) is 15.1 Å². The molecule has 2 fully saturated rings. The van der Waals surface area contributed by atoms with E-state index in [1.807, 2.05) is 0 Å². The molecule has 1 aliphatic heterocycles. The minimum atomic E-state index is 0.819. The maximum atomic E-state index is 3.33. The Balaban J connectivity index is 1.76. The molecule has 3 nitrogen and oxygen atoms in total. The zero-order chi connectivity index (χ0) is 11.5. The Morgan fingerprint density at radius 3 is 2.25 bits per heavy atom. The molecular weight excluding hydrogens is 198 g/mol. The maximum absolute atomic E-state index is 3.33.